The van der Waals surface area contributed by atoms with Crippen LogP contribution in [0.15, 0.2) is 46.8 Å². The number of hydrogen-bond donors (Lipinski definition) is 1. The van der Waals surface area contributed by atoms with Crippen LogP contribution in [-0.2, 0) is 17.8 Å². The fourth-order valence-electron chi connectivity index (χ4n) is 3.08. The molecule has 2 aromatic rings. The van der Waals surface area contributed by atoms with Crippen molar-refractivity contribution in [2.45, 2.75) is 26.1 Å². The van der Waals surface area contributed by atoms with Gasteiger partial charge < -0.3 is 19.9 Å². The molecule has 0 aliphatic carbocycles. The van der Waals surface area contributed by atoms with Gasteiger partial charge in [-0.15, -0.1) is 35.3 Å². The highest BCUT2D eigenvalue weighted by Crippen LogP contribution is 2.21. The van der Waals surface area contributed by atoms with E-state index >= 15 is 0 Å². The molecule has 0 saturated heterocycles. The fourth-order valence-corrected chi connectivity index (χ4v) is 3.92. The van der Waals surface area contributed by atoms with Gasteiger partial charge in [0.15, 0.2) is 5.96 Å². The van der Waals surface area contributed by atoms with E-state index in [2.05, 4.69) is 66.9 Å². The first-order valence-corrected chi connectivity index (χ1v) is 10.4. The van der Waals surface area contributed by atoms with Gasteiger partial charge in [-0.1, -0.05) is 24.3 Å². The molecule has 158 valence electrons. The van der Waals surface area contributed by atoms with Crippen LogP contribution in [0.2, 0.25) is 0 Å². The molecule has 0 radical (unpaired) electrons. The van der Waals surface area contributed by atoms with Crippen LogP contribution in [-0.4, -0.2) is 50.1 Å². The van der Waals surface area contributed by atoms with E-state index in [4.69, 9.17) is 4.74 Å². The van der Waals surface area contributed by atoms with Crippen LogP contribution in [0, 0.1) is 0 Å². The van der Waals surface area contributed by atoms with E-state index in [1.54, 1.807) is 18.4 Å². The average Bonchev–Trinajstić information content (AvgIpc) is 3.40. The molecule has 6 nitrogen and oxygen atoms in total. The SMILES string of the molecule is CN=C(NCc1ccc(N2CC=CC2)cc1)N(C)Cc1csc(C(C)OC)n1.I. The van der Waals surface area contributed by atoms with Gasteiger partial charge in [-0.25, -0.2) is 4.98 Å². The monoisotopic (exact) mass is 527 g/mol. The molecule has 1 N–H and O–H groups in total. The van der Waals surface area contributed by atoms with Gasteiger partial charge in [-0.2, -0.15) is 0 Å². The van der Waals surface area contributed by atoms with Gasteiger partial charge in [0.2, 0.25) is 0 Å². The highest BCUT2D eigenvalue weighted by atomic mass is 127. The number of aromatic nitrogens is 1. The number of anilines is 1. The maximum Gasteiger partial charge on any atom is 0.194 e. The second kappa shape index (κ2) is 11.5. The third kappa shape index (κ3) is 6.42. The zero-order valence-electron chi connectivity index (χ0n) is 17.5. The predicted molar refractivity (Wildman–Crippen MR) is 132 cm³/mol. The Hall–Kier alpha value is -1.65. The molecule has 0 amide bonds. The maximum absolute atomic E-state index is 5.34. The van der Waals surface area contributed by atoms with Gasteiger partial charge in [-0.05, 0) is 24.6 Å². The molecule has 0 fully saturated rings. The van der Waals surface area contributed by atoms with Crippen molar-refractivity contribution < 1.29 is 4.74 Å². The van der Waals surface area contributed by atoms with Crippen LogP contribution in [0.1, 0.15) is 29.3 Å². The van der Waals surface area contributed by atoms with Crippen molar-refractivity contribution in [3.05, 3.63) is 58.1 Å². The summed E-state index contributed by atoms with van der Waals surface area (Å²) < 4.78 is 5.34. The first-order valence-electron chi connectivity index (χ1n) is 9.48. The number of methoxy groups -OCH3 is 1. The number of aliphatic imine (C=N–C) groups is 1. The van der Waals surface area contributed by atoms with Crippen LogP contribution < -0.4 is 10.2 Å². The number of hydrogen-bond acceptors (Lipinski definition) is 5. The molecule has 1 aliphatic heterocycles. The lowest BCUT2D eigenvalue weighted by Gasteiger charge is -2.22. The van der Waals surface area contributed by atoms with Gasteiger partial charge in [0.25, 0.3) is 0 Å². The summed E-state index contributed by atoms with van der Waals surface area (Å²) in [5.41, 5.74) is 3.52. The zero-order valence-corrected chi connectivity index (χ0v) is 20.6. The molecule has 1 aliphatic rings. The first kappa shape index (κ1) is 23.6. The molecular weight excluding hydrogens is 497 g/mol. The summed E-state index contributed by atoms with van der Waals surface area (Å²) in [5, 5.41) is 6.52. The third-order valence-corrected chi connectivity index (χ3v) is 5.87. The van der Waals surface area contributed by atoms with Gasteiger partial charge in [-0.3, -0.25) is 4.99 Å². The number of thiazole rings is 1. The first-order chi connectivity index (χ1) is 13.6. The Balaban J connectivity index is 0.00000300. The van der Waals surface area contributed by atoms with Crippen LogP contribution in [0.25, 0.3) is 0 Å². The summed E-state index contributed by atoms with van der Waals surface area (Å²) in [6.45, 7) is 5.44. The number of ether oxygens (including phenoxy) is 1. The summed E-state index contributed by atoms with van der Waals surface area (Å²) in [7, 11) is 5.54. The van der Waals surface area contributed by atoms with E-state index in [1.807, 2.05) is 21.0 Å². The molecule has 0 bridgehead atoms. The van der Waals surface area contributed by atoms with Gasteiger partial charge >= 0.3 is 0 Å². The molecule has 8 heteroatoms. The minimum atomic E-state index is 0. The minimum absolute atomic E-state index is 0. The molecule has 1 unspecified atom stereocenters. The molecule has 3 rings (SSSR count). The summed E-state index contributed by atoms with van der Waals surface area (Å²) in [4.78, 5) is 13.5. The molecule has 2 heterocycles. The number of nitrogens with zero attached hydrogens (tertiary/aromatic N) is 4. The number of halogens is 1. The Kier molecular flexibility index (Phi) is 9.38. The van der Waals surface area contributed by atoms with Crippen LogP contribution in [0.5, 0.6) is 0 Å². The summed E-state index contributed by atoms with van der Waals surface area (Å²) >= 11 is 1.63. The van der Waals surface area contributed by atoms with Crippen molar-refractivity contribution in [3.8, 4) is 0 Å². The molecular formula is C21H30IN5OS. The number of benzene rings is 1. The standard InChI is InChI=1S/C21H29N5OS.HI/c1-16(27-4)20-24-18(15-28-20)14-25(3)21(22-2)23-13-17-7-9-19(10-8-17)26-11-5-6-12-26;/h5-10,15-16H,11-14H2,1-4H3,(H,22,23);1H. The van der Waals surface area contributed by atoms with Gasteiger partial charge in [0.1, 0.15) is 11.1 Å². The Morgan fingerprint density at radius 3 is 2.62 bits per heavy atom. The lowest BCUT2D eigenvalue weighted by Crippen LogP contribution is -2.38. The zero-order chi connectivity index (χ0) is 19.9. The van der Waals surface area contributed by atoms with E-state index in [1.165, 1.54) is 11.3 Å². The summed E-state index contributed by atoms with van der Waals surface area (Å²) in [5.74, 6) is 0.849. The van der Waals surface area contributed by atoms with Crippen molar-refractivity contribution in [3.63, 3.8) is 0 Å². The van der Waals surface area contributed by atoms with Crippen molar-refractivity contribution in [1.29, 1.82) is 0 Å². The Bertz CT molecular complexity index is 813. The quantitative estimate of drug-likeness (QED) is 0.255. The van der Waals surface area contributed by atoms with E-state index < -0.39 is 0 Å². The molecule has 0 saturated carbocycles. The van der Waals surface area contributed by atoms with Crippen LogP contribution in [0.3, 0.4) is 0 Å². The molecule has 1 atom stereocenters. The second-order valence-corrected chi connectivity index (χ2v) is 7.74. The minimum Gasteiger partial charge on any atom is -0.375 e. The van der Waals surface area contributed by atoms with E-state index in [0.717, 1.165) is 36.3 Å². The van der Waals surface area contributed by atoms with Gasteiger partial charge in [0, 0.05) is 51.9 Å². The van der Waals surface area contributed by atoms with Crippen LogP contribution >= 0.6 is 35.3 Å². The normalized spacial score (nSPS) is 14.6. The highest BCUT2D eigenvalue weighted by Gasteiger charge is 2.13. The van der Waals surface area contributed by atoms with Crippen molar-refractivity contribution in [1.82, 2.24) is 15.2 Å². The fraction of sp³-hybridized carbons (Fsp3) is 0.429. The average molecular weight is 527 g/mol. The van der Waals surface area contributed by atoms with Crippen molar-refractivity contribution in [2.75, 3.05) is 39.2 Å². The molecule has 29 heavy (non-hydrogen) atoms. The lowest BCUT2D eigenvalue weighted by molar-refractivity contribution is 0.119. The Morgan fingerprint density at radius 1 is 1.31 bits per heavy atom. The topological polar surface area (TPSA) is 53.0 Å². The summed E-state index contributed by atoms with van der Waals surface area (Å²) in [6.07, 6.45) is 4.44. The Morgan fingerprint density at radius 2 is 2.00 bits per heavy atom. The van der Waals surface area contributed by atoms with E-state index in [-0.39, 0.29) is 30.1 Å². The van der Waals surface area contributed by atoms with E-state index in [0.29, 0.717) is 6.54 Å². The third-order valence-electron chi connectivity index (χ3n) is 4.81. The molecule has 1 aromatic heterocycles. The predicted octanol–water partition coefficient (Wildman–Crippen LogP) is 4.05. The number of nitrogens with one attached hydrogen (secondary N) is 1. The summed E-state index contributed by atoms with van der Waals surface area (Å²) in [6, 6.07) is 8.72. The largest absolute Gasteiger partial charge is 0.375 e. The number of guanidine groups is 1. The number of rotatable bonds is 7. The molecule has 0 spiro atoms. The Labute approximate surface area is 194 Å². The van der Waals surface area contributed by atoms with Gasteiger partial charge in [0.05, 0.1) is 12.2 Å². The van der Waals surface area contributed by atoms with Crippen molar-refractivity contribution in [2.24, 2.45) is 4.99 Å². The molecule has 1 aromatic carbocycles. The van der Waals surface area contributed by atoms with Crippen molar-refractivity contribution >= 4 is 47.0 Å². The highest BCUT2D eigenvalue weighted by molar-refractivity contribution is 14.0. The smallest absolute Gasteiger partial charge is 0.194 e. The van der Waals surface area contributed by atoms with E-state index in [9.17, 15) is 0 Å². The maximum atomic E-state index is 5.34. The van der Waals surface area contributed by atoms with Crippen LogP contribution in [0.4, 0.5) is 5.69 Å². The second-order valence-electron chi connectivity index (χ2n) is 6.85. The lowest BCUT2D eigenvalue weighted by atomic mass is 10.2.